The maximum Gasteiger partial charge on any atom is 0.240 e. The molecule has 0 fully saturated rings. The average molecular weight is 272 g/mol. The summed E-state index contributed by atoms with van der Waals surface area (Å²) >= 11 is 0. The van der Waals surface area contributed by atoms with Crippen molar-refractivity contribution in [3.63, 3.8) is 0 Å². The predicted octanol–water partition coefficient (Wildman–Crippen LogP) is 0.509. The average Bonchev–Trinajstić information content (AvgIpc) is 2.33. The second-order valence-corrected chi connectivity index (χ2v) is 5.72. The van der Waals surface area contributed by atoms with Crippen molar-refractivity contribution in [2.45, 2.75) is 11.8 Å². The molecule has 0 saturated heterocycles. The summed E-state index contributed by atoms with van der Waals surface area (Å²) in [6.45, 7) is 4.13. The van der Waals surface area contributed by atoms with Gasteiger partial charge in [-0.2, -0.15) is 0 Å². The summed E-state index contributed by atoms with van der Waals surface area (Å²) < 4.78 is 31.2. The molecular formula is C12H20N2O3S. The Kier molecular flexibility index (Phi) is 6.28. The molecule has 1 aromatic carbocycles. The first kappa shape index (κ1) is 15.1. The van der Waals surface area contributed by atoms with Crippen LogP contribution in [-0.2, 0) is 14.8 Å². The molecule has 0 heterocycles. The van der Waals surface area contributed by atoms with Crippen molar-refractivity contribution in [1.29, 1.82) is 0 Å². The lowest BCUT2D eigenvalue weighted by molar-refractivity contribution is 0.199. The zero-order valence-corrected chi connectivity index (χ0v) is 11.6. The van der Waals surface area contributed by atoms with E-state index >= 15 is 0 Å². The van der Waals surface area contributed by atoms with Crippen molar-refractivity contribution in [3.8, 4) is 0 Å². The quantitative estimate of drug-likeness (QED) is 0.677. The Labute approximate surface area is 109 Å². The van der Waals surface area contributed by atoms with Gasteiger partial charge in [-0.25, -0.2) is 13.1 Å². The van der Waals surface area contributed by atoms with Gasteiger partial charge < -0.3 is 10.1 Å². The number of nitrogens with one attached hydrogen (secondary N) is 2. The van der Waals surface area contributed by atoms with Gasteiger partial charge in [0.15, 0.2) is 0 Å². The number of aryl methyl sites for hydroxylation is 1. The molecule has 0 aliphatic rings. The highest BCUT2D eigenvalue weighted by molar-refractivity contribution is 7.89. The van der Waals surface area contributed by atoms with Gasteiger partial charge >= 0.3 is 0 Å². The zero-order valence-electron chi connectivity index (χ0n) is 10.8. The topological polar surface area (TPSA) is 67.4 Å². The number of benzene rings is 1. The molecule has 1 aromatic rings. The van der Waals surface area contributed by atoms with E-state index in [1.54, 1.807) is 25.3 Å². The minimum atomic E-state index is -3.40. The van der Waals surface area contributed by atoms with Crippen LogP contribution in [0.3, 0.4) is 0 Å². The van der Waals surface area contributed by atoms with Gasteiger partial charge in [-0.1, -0.05) is 12.1 Å². The third-order valence-corrected chi connectivity index (χ3v) is 3.84. The smallest absolute Gasteiger partial charge is 0.240 e. The number of sulfonamides is 1. The first-order valence-electron chi connectivity index (χ1n) is 5.82. The predicted molar refractivity (Wildman–Crippen MR) is 71.1 cm³/mol. The number of methoxy groups -OCH3 is 1. The molecule has 102 valence electrons. The van der Waals surface area contributed by atoms with Gasteiger partial charge in [0, 0.05) is 26.7 Å². The summed E-state index contributed by atoms with van der Waals surface area (Å²) in [5.74, 6) is 0. The Morgan fingerprint density at radius 1 is 1.22 bits per heavy atom. The summed E-state index contributed by atoms with van der Waals surface area (Å²) in [5.41, 5.74) is 0.927. The Bertz CT molecular complexity index is 460. The molecule has 18 heavy (non-hydrogen) atoms. The number of rotatable bonds is 8. The van der Waals surface area contributed by atoms with Crippen LogP contribution in [0, 0.1) is 6.92 Å². The molecule has 0 aromatic heterocycles. The van der Waals surface area contributed by atoms with Crippen molar-refractivity contribution < 1.29 is 13.2 Å². The van der Waals surface area contributed by atoms with Crippen LogP contribution in [0.2, 0.25) is 0 Å². The fourth-order valence-electron chi connectivity index (χ4n) is 1.44. The molecular weight excluding hydrogens is 252 g/mol. The van der Waals surface area contributed by atoms with E-state index < -0.39 is 10.0 Å². The van der Waals surface area contributed by atoms with Gasteiger partial charge in [0.2, 0.25) is 10.0 Å². The maximum atomic E-state index is 11.9. The minimum absolute atomic E-state index is 0.305. The molecule has 0 aliphatic carbocycles. The summed E-state index contributed by atoms with van der Waals surface area (Å²) in [7, 11) is -1.77. The Morgan fingerprint density at radius 2 is 2.00 bits per heavy atom. The highest BCUT2D eigenvalue weighted by Crippen LogP contribution is 2.09. The highest BCUT2D eigenvalue weighted by atomic mass is 32.2. The van der Waals surface area contributed by atoms with E-state index in [1.165, 1.54) is 0 Å². The normalized spacial score (nSPS) is 11.7. The highest BCUT2D eigenvalue weighted by Gasteiger charge is 2.12. The van der Waals surface area contributed by atoms with Crippen molar-refractivity contribution in [2.75, 3.05) is 33.4 Å². The van der Waals surface area contributed by atoms with Crippen LogP contribution in [0.25, 0.3) is 0 Å². The molecule has 0 amide bonds. The third-order valence-electron chi connectivity index (χ3n) is 2.38. The van der Waals surface area contributed by atoms with Gasteiger partial charge in [-0.15, -0.1) is 0 Å². The fourth-order valence-corrected chi connectivity index (χ4v) is 2.58. The van der Waals surface area contributed by atoms with Crippen LogP contribution in [-0.4, -0.2) is 41.8 Å². The van der Waals surface area contributed by atoms with E-state index in [9.17, 15) is 8.42 Å². The summed E-state index contributed by atoms with van der Waals surface area (Å²) in [5, 5.41) is 3.07. The molecule has 0 unspecified atom stereocenters. The van der Waals surface area contributed by atoms with E-state index in [0.717, 1.165) is 5.56 Å². The third kappa shape index (κ3) is 5.14. The first-order chi connectivity index (χ1) is 8.56. The van der Waals surface area contributed by atoms with Gasteiger partial charge in [0.25, 0.3) is 0 Å². The van der Waals surface area contributed by atoms with Crippen LogP contribution in [0.5, 0.6) is 0 Å². The van der Waals surface area contributed by atoms with E-state index in [1.807, 2.05) is 13.0 Å². The van der Waals surface area contributed by atoms with Crippen LogP contribution in [0.15, 0.2) is 29.2 Å². The summed E-state index contributed by atoms with van der Waals surface area (Å²) in [4.78, 5) is 0.305. The van der Waals surface area contributed by atoms with E-state index in [4.69, 9.17) is 4.74 Å². The summed E-state index contributed by atoms with van der Waals surface area (Å²) in [6, 6.07) is 6.85. The Morgan fingerprint density at radius 3 is 2.67 bits per heavy atom. The molecule has 0 atom stereocenters. The van der Waals surface area contributed by atoms with Gasteiger partial charge in [-0.3, -0.25) is 0 Å². The molecule has 6 heteroatoms. The monoisotopic (exact) mass is 272 g/mol. The van der Waals surface area contributed by atoms with Gasteiger partial charge in [0.1, 0.15) is 0 Å². The number of ether oxygens (including phenoxy) is 1. The second kappa shape index (κ2) is 7.48. The number of hydrogen-bond acceptors (Lipinski definition) is 4. The molecule has 0 radical (unpaired) electrons. The lowest BCUT2D eigenvalue weighted by Gasteiger charge is -2.08. The lowest BCUT2D eigenvalue weighted by atomic mass is 10.2. The largest absolute Gasteiger partial charge is 0.383 e. The van der Waals surface area contributed by atoms with Crippen LogP contribution in [0.1, 0.15) is 5.56 Å². The van der Waals surface area contributed by atoms with Gasteiger partial charge in [-0.05, 0) is 24.6 Å². The van der Waals surface area contributed by atoms with Crippen LogP contribution in [0.4, 0.5) is 0 Å². The van der Waals surface area contributed by atoms with Crippen LogP contribution >= 0.6 is 0 Å². The maximum absolute atomic E-state index is 11.9. The molecule has 1 rings (SSSR count). The fraction of sp³-hybridized carbons (Fsp3) is 0.500. The SMILES string of the molecule is COCCNCCNS(=O)(=O)c1cccc(C)c1. The summed E-state index contributed by atoms with van der Waals surface area (Å²) in [6.07, 6.45) is 0. The van der Waals surface area contributed by atoms with Crippen molar-refractivity contribution in [3.05, 3.63) is 29.8 Å². The van der Waals surface area contributed by atoms with Gasteiger partial charge in [0.05, 0.1) is 11.5 Å². The standard InChI is InChI=1S/C12H20N2O3S/c1-11-4-3-5-12(10-11)18(15,16)14-7-6-13-8-9-17-2/h3-5,10,13-14H,6-9H2,1-2H3. The first-order valence-corrected chi connectivity index (χ1v) is 7.30. The number of hydrogen-bond donors (Lipinski definition) is 2. The van der Waals surface area contributed by atoms with Crippen LogP contribution < -0.4 is 10.0 Å². The second-order valence-electron chi connectivity index (χ2n) is 3.96. The lowest BCUT2D eigenvalue weighted by Crippen LogP contribution is -2.33. The van der Waals surface area contributed by atoms with E-state index in [2.05, 4.69) is 10.0 Å². The van der Waals surface area contributed by atoms with Crippen molar-refractivity contribution in [2.24, 2.45) is 0 Å². The Balaban J connectivity index is 2.41. The molecule has 0 bridgehead atoms. The van der Waals surface area contributed by atoms with E-state index in [-0.39, 0.29) is 0 Å². The molecule has 2 N–H and O–H groups in total. The molecule has 0 aliphatic heterocycles. The van der Waals surface area contributed by atoms with Crippen molar-refractivity contribution >= 4 is 10.0 Å². The van der Waals surface area contributed by atoms with E-state index in [0.29, 0.717) is 31.1 Å². The van der Waals surface area contributed by atoms with Crippen molar-refractivity contribution in [1.82, 2.24) is 10.0 Å². The molecule has 5 nitrogen and oxygen atoms in total. The molecule has 0 saturated carbocycles. The molecule has 0 spiro atoms. The zero-order chi connectivity index (χ0) is 13.4. The minimum Gasteiger partial charge on any atom is -0.383 e. The Hall–Kier alpha value is -0.950.